The fourth-order valence-corrected chi connectivity index (χ4v) is 5.97. The summed E-state index contributed by atoms with van der Waals surface area (Å²) in [6.45, 7) is 12.3. The minimum absolute atomic E-state index is 0.135. The first kappa shape index (κ1) is 33.5. The number of nitrogens with one attached hydrogen (secondary N) is 3. The van der Waals surface area contributed by atoms with E-state index in [0.29, 0.717) is 40.3 Å². The van der Waals surface area contributed by atoms with Crippen LogP contribution in [-0.4, -0.2) is 43.4 Å². The largest absolute Gasteiger partial charge is 0.492 e. The van der Waals surface area contributed by atoms with Crippen molar-refractivity contribution in [3.05, 3.63) is 70.2 Å². The van der Waals surface area contributed by atoms with E-state index in [1.54, 1.807) is 25.4 Å². The molecule has 4 rings (SSSR count). The maximum Gasteiger partial charge on any atom is 0.255 e. The lowest BCUT2D eigenvalue weighted by Crippen LogP contribution is -2.40. The zero-order chi connectivity index (χ0) is 32.2. The molecule has 0 bridgehead atoms. The van der Waals surface area contributed by atoms with Crippen LogP contribution in [0.1, 0.15) is 74.9 Å². The Labute approximate surface area is 266 Å². The summed E-state index contributed by atoms with van der Waals surface area (Å²) in [6.07, 6.45) is 7.89. The van der Waals surface area contributed by atoms with Gasteiger partial charge in [0.25, 0.3) is 5.91 Å². The topological polar surface area (TPSA) is 147 Å². The van der Waals surface area contributed by atoms with E-state index in [9.17, 15) is 4.79 Å². The molecule has 9 N–H and O–H groups in total. The van der Waals surface area contributed by atoms with Gasteiger partial charge in [-0.1, -0.05) is 38.8 Å². The third-order valence-corrected chi connectivity index (χ3v) is 8.83. The SMILES string of the molecule is COc1c(NSC)cc(C(C)(C)C)cc1NC(=O)c1ccc(C)c(N(N)/C=C(N)/C(C)=C(\C2CCNCC2)N(N)C2CC2)c1. The van der Waals surface area contributed by atoms with E-state index in [1.165, 1.54) is 17.0 Å². The van der Waals surface area contributed by atoms with E-state index >= 15 is 0 Å². The summed E-state index contributed by atoms with van der Waals surface area (Å²) >= 11 is 1.46. The number of hydrazine groups is 2. The van der Waals surface area contributed by atoms with Gasteiger partial charge in [-0.05, 0) is 99.0 Å². The summed E-state index contributed by atoms with van der Waals surface area (Å²) in [5.74, 6) is 13.8. The minimum atomic E-state index is -0.275. The van der Waals surface area contributed by atoms with Crippen molar-refractivity contribution in [3.63, 3.8) is 0 Å². The highest BCUT2D eigenvalue weighted by Gasteiger charge is 2.33. The van der Waals surface area contributed by atoms with Gasteiger partial charge in [-0.2, -0.15) is 0 Å². The number of aryl methyl sites for hydroxylation is 1. The first-order chi connectivity index (χ1) is 20.8. The number of hydrogen-bond donors (Lipinski definition) is 6. The molecule has 1 saturated heterocycles. The molecule has 2 aromatic carbocycles. The number of hydrogen-bond acceptors (Lipinski definition) is 10. The highest BCUT2D eigenvalue weighted by atomic mass is 32.2. The van der Waals surface area contributed by atoms with Gasteiger partial charge in [0.1, 0.15) is 0 Å². The molecule has 11 heteroatoms. The average Bonchev–Trinajstić information content (AvgIpc) is 3.83. The van der Waals surface area contributed by atoms with E-state index in [1.807, 2.05) is 37.2 Å². The molecule has 0 aromatic heterocycles. The number of rotatable bonds is 11. The van der Waals surface area contributed by atoms with Crippen LogP contribution >= 0.6 is 11.9 Å². The average molecular weight is 623 g/mol. The van der Waals surface area contributed by atoms with Crippen molar-refractivity contribution in [2.24, 2.45) is 23.3 Å². The number of carbonyl (C=O) groups is 1. The van der Waals surface area contributed by atoms with Crippen LogP contribution in [0.15, 0.2) is 53.5 Å². The Morgan fingerprint density at radius 1 is 1.09 bits per heavy atom. The number of nitrogens with zero attached hydrogens (tertiary/aromatic N) is 2. The van der Waals surface area contributed by atoms with Gasteiger partial charge in [0, 0.05) is 35.7 Å². The molecule has 44 heavy (non-hydrogen) atoms. The highest BCUT2D eigenvalue weighted by Crippen LogP contribution is 2.40. The molecule has 0 spiro atoms. The van der Waals surface area contributed by atoms with Crippen molar-refractivity contribution in [3.8, 4) is 5.75 Å². The highest BCUT2D eigenvalue weighted by molar-refractivity contribution is 7.99. The summed E-state index contributed by atoms with van der Waals surface area (Å²) in [7, 11) is 1.60. The van der Waals surface area contributed by atoms with Gasteiger partial charge in [0.2, 0.25) is 0 Å². The van der Waals surface area contributed by atoms with Crippen LogP contribution in [0.25, 0.3) is 0 Å². The molecule has 10 nitrogen and oxygen atoms in total. The summed E-state index contributed by atoms with van der Waals surface area (Å²) < 4.78 is 9.00. The van der Waals surface area contributed by atoms with E-state index in [4.69, 9.17) is 22.2 Å². The number of methoxy groups -OCH3 is 1. The van der Waals surface area contributed by atoms with Crippen LogP contribution in [-0.2, 0) is 5.41 Å². The molecule has 1 aliphatic carbocycles. The molecular formula is C33H50N8O2S. The van der Waals surface area contributed by atoms with E-state index < -0.39 is 0 Å². The Balaban J connectivity index is 1.63. The molecule has 1 saturated carbocycles. The Morgan fingerprint density at radius 2 is 1.75 bits per heavy atom. The Bertz CT molecular complexity index is 1410. The maximum absolute atomic E-state index is 13.6. The number of ether oxygens (including phenoxy) is 1. The van der Waals surface area contributed by atoms with Gasteiger partial charge in [-0.25, -0.2) is 11.7 Å². The number of benzene rings is 2. The normalized spacial score (nSPS) is 16.7. The maximum atomic E-state index is 13.6. The van der Waals surface area contributed by atoms with Gasteiger partial charge in [-0.3, -0.25) is 9.80 Å². The molecular weight excluding hydrogens is 572 g/mol. The number of nitrogens with two attached hydrogens (primary N) is 3. The van der Waals surface area contributed by atoms with Crippen LogP contribution in [0.2, 0.25) is 0 Å². The van der Waals surface area contributed by atoms with Crippen LogP contribution in [0.4, 0.5) is 17.1 Å². The molecule has 0 unspecified atom stereocenters. The second kappa shape index (κ2) is 14.2. The molecule has 2 fully saturated rings. The van der Waals surface area contributed by atoms with Crippen molar-refractivity contribution in [1.29, 1.82) is 0 Å². The van der Waals surface area contributed by atoms with Crippen LogP contribution in [0, 0.1) is 12.8 Å². The number of carbonyl (C=O) groups excluding carboxylic acids is 1. The minimum Gasteiger partial charge on any atom is -0.492 e. The lowest BCUT2D eigenvalue weighted by Gasteiger charge is -2.33. The second-order valence-corrected chi connectivity index (χ2v) is 13.4. The van der Waals surface area contributed by atoms with Gasteiger partial charge in [0.05, 0.1) is 29.9 Å². The summed E-state index contributed by atoms with van der Waals surface area (Å²) in [6, 6.07) is 9.84. The van der Waals surface area contributed by atoms with E-state index in [-0.39, 0.29) is 11.3 Å². The fourth-order valence-electron chi connectivity index (χ4n) is 5.60. The number of amides is 1. The summed E-state index contributed by atoms with van der Waals surface area (Å²) in [4.78, 5) is 13.6. The van der Waals surface area contributed by atoms with Crippen molar-refractivity contribution in [1.82, 2.24) is 10.3 Å². The smallest absolute Gasteiger partial charge is 0.255 e. The molecule has 0 radical (unpaired) electrons. The molecule has 240 valence electrons. The van der Waals surface area contributed by atoms with Gasteiger partial charge in [0.15, 0.2) is 5.75 Å². The first-order valence-corrected chi connectivity index (χ1v) is 16.5. The zero-order valence-corrected chi connectivity index (χ0v) is 28.0. The standard InChI is InChI=1S/C33H50N8O2S/c1-20-8-9-23(32(42)38-27-17-24(33(3,4)5)18-28(39-44-7)31(27)43-6)16-29(20)40(35)19-26(34)21(2)30(41(36)25-10-11-25)22-12-14-37-15-13-22/h8-9,16-19,22,25,37,39H,10-15,34-36H2,1-7H3,(H,38,42)/b26-19-,30-21+. The van der Waals surface area contributed by atoms with Gasteiger partial charge >= 0.3 is 0 Å². The third kappa shape index (κ3) is 7.82. The summed E-state index contributed by atoms with van der Waals surface area (Å²) in [5.41, 5.74) is 13.6. The molecule has 1 heterocycles. The number of piperidine rings is 1. The Hall–Kier alpha value is -3.38. The molecule has 1 aliphatic heterocycles. The summed E-state index contributed by atoms with van der Waals surface area (Å²) in [5, 5.41) is 9.93. The quantitative estimate of drug-likeness (QED) is 0.0841. The Kier molecular flexibility index (Phi) is 10.8. The number of allylic oxidation sites excluding steroid dienone is 2. The predicted molar refractivity (Wildman–Crippen MR) is 184 cm³/mol. The van der Waals surface area contributed by atoms with Crippen molar-refractivity contribution >= 4 is 34.9 Å². The molecule has 1 amide bonds. The second-order valence-electron chi connectivity index (χ2n) is 12.8. The molecule has 2 aromatic rings. The van der Waals surface area contributed by atoms with E-state index in [2.05, 4.69) is 42.2 Å². The third-order valence-electron chi connectivity index (χ3n) is 8.41. The fraction of sp³-hybridized carbons (Fsp3) is 0.485. The van der Waals surface area contributed by atoms with Crippen molar-refractivity contribution < 1.29 is 9.53 Å². The van der Waals surface area contributed by atoms with Gasteiger partial charge < -0.3 is 30.8 Å². The first-order valence-electron chi connectivity index (χ1n) is 15.3. The van der Waals surface area contributed by atoms with E-state index in [0.717, 1.165) is 66.9 Å². The predicted octanol–water partition coefficient (Wildman–Crippen LogP) is 5.34. The van der Waals surface area contributed by atoms with Crippen LogP contribution in [0.3, 0.4) is 0 Å². The number of anilines is 3. The lowest BCUT2D eigenvalue weighted by molar-refractivity contribution is 0.102. The van der Waals surface area contributed by atoms with Crippen molar-refractivity contribution in [2.45, 2.75) is 71.8 Å². The van der Waals surface area contributed by atoms with Crippen molar-refractivity contribution in [2.75, 3.05) is 41.5 Å². The Morgan fingerprint density at radius 3 is 2.34 bits per heavy atom. The zero-order valence-electron chi connectivity index (χ0n) is 27.2. The lowest BCUT2D eigenvalue weighted by atomic mass is 9.86. The monoisotopic (exact) mass is 622 g/mol. The molecule has 2 aliphatic rings. The van der Waals surface area contributed by atoms with Crippen LogP contribution in [0.5, 0.6) is 5.75 Å². The van der Waals surface area contributed by atoms with Crippen LogP contribution < -0.4 is 42.5 Å². The molecule has 0 atom stereocenters. The van der Waals surface area contributed by atoms with Gasteiger partial charge in [-0.15, -0.1) is 0 Å².